The first-order chi connectivity index (χ1) is 10.1. The second kappa shape index (κ2) is 5.58. The Morgan fingerprint density at radius 3 is 2.29 bits per heavy atom. The first-order valence-electron chi connectivity index (χ1n) is 7.43. The zero-order valence-electron chi connectivity index (χ0n) is 12.2. The van der Waals surface area contributed by atoms with Crippen molar-refractivity contribution in [1.82, 2.24) is 9.80 Å². The molecule has 0 bridgehead atoms. The van der Waals surface area contributed by atoms with E-state index in [0.717, 1.165) is 25.7 Å². The second-order valence-corrected chi connectivity index (χ2v) is 5.90. The highest BCUT2D eigenvalue weighted by Gasteiger charge is 2.37. The predicted molar refractivity (Wildman–Crippen MR) is 77.8 cm³/mol. The molecule has 3 rings (SSSR count). The Labute approximate surface area is 124 Å². The van der Waals surface area contributed by atoms with E-state index in [1.165, 1.54) is 4.90 Å². The van der Waals surface area contributed by atoms with Gasteiger partial charge in [-0.05, 0) is 32.0 Å². The Balaban J connectivity index is 1.74. The molecular weight excluding hydrogens is 268 g/mol. The van der Waals surface area contributed by atoms with Crippen LogP contribution < -0.4 is 0 Å². The number of aliphatic hydroxyl groups is 1. The third kappa shape index (κ3) is 2.47. The summed E-state index contributed by atoms with van der Waals surface area (Å²) >= 11 is 0. The summed E-state index contributed by atoms with van der Waals surface area (Å²) in [6.07, 6.45) is 3.43. The Morgan fingerprint density at radius 2 is 1.71 bits per heavy atom. The predicted octanol–water partition coefficient (Wildman–Crippen LogP) is 1.48. The number of benzene rings is 1. The van der Waals surface area contributed by atoms with Crippen LogP contribution in [0.2, 0.25) is 0 Å². The summed E-state index contributed by atoms with van der Waals surface area (Å²) in [4.78, 5) is 27.8. The number of carbonyl (C=O) groups excluding carboxylic acids is 2. The van der Waals surface area contributed by atoms with Crippen molar-refractivity contribution < 1.29 is 14.7 Å². The minimum Gasteiger partial charge on any atom is -0.391 e. The van der Waals surface area contributed by atoms with Gasteiger partial charge in [-0.3, -0.25) is 19.4 Å². The van der Waals surface area contributed by atoms with E-state index in [2.05, 4.69) is 0 Å². The molecule has 0 radical (unpaired) electrons. The number of aliphatic hydroxyl groups excluding tert-OH is 1. The lowest BCUT2D eigenvalue weighted by atomic mass is 9.92. The Bertz CT molecular complexity index is 537. The van der Waals surface area contributed by atoms with Crippen LogP contribution in [0, 0.1) is 0 Å². The largest absolute Gasteiger partial charge is 0.391 e. The zero-order valence-corrected chi connectivity index (χ0v) is 12.2. The van der Waals surface area contributed by atoms with Gasteiger partial charge in [0.1, 0.15) is 0 Å². The molecule has 5 heteroatoms. The number of imide groups is 1. The van der Waals surface area contributed by atoms with Crippen LogP contribution in [-0.2, 0) is 0 Å². The molecule has 2 aliphatic rings. The van der Waals surface area contributed by atoms with Crippen molar-refractivity contribution in [2.24, 2.45) is 0 Å². The summed E-state index contributed by atoms with van der Waals surface area (Å²) in [5.41, 5.74) is 0.945. The van der Waals surface area contributed by atoms with E-state index in [1.54, 1.807) is 24.3 Å². The monoisotopic (exact) mass is 288 g/mol. The van der Waals surface area contributed by atoms with Crippen molar-refractivity contribution in [2.45, 2.75) is 37.8 Å². The first kappa shape index (κ1) is 14.2. The van der Waals surface area contributed by atoms with Gasteiger partial charge in [-0.25, -0.2) is 0 Å². The van der Waals surface area contributed by atoms with Crippen LogP contribution in [-0.4, -0.2) is 52.6 Å². The lowest BCUT2D eigenvalue weighted by Gasteiger charge is -2.36. The summed E-state index contributed by atoms with van der Waals surface area (Å²) in [7, 11) is 1.86. The Kier molecular flexibility index (Phi) is 3.78. The summed E-state index contributed by atoms with van der Waals surface area (Å²) in [6.45, 7) is 0.230. The molecule has 2 amide bonds. The molecule has 0 spiro atoms. The molecule has 1 saturated carbocycles. The number of rotatable bonds is 3. The van der Waals surface area contributed by atoms with Gasteiger partial charge < -0.3 is 5.11 Å². The molecular formula is C16H20N2O3. The van der Waals surface area contributed by atoms with Gasteiger partial charge in [-0.2, -0.15) is 0 Å². The van der Waals surface area contributed by atoms with Crippen LogP contribution in [0.25, 0.3) is 0 Å². The molecule has 1 aliphatic carbocycles. The van der Waals surface area contributed by atoms with Crippen LogP contribution in [0.4, 0.5) is 0 Å². The van der Waals surface area contributed by atoms with Gasteiger partial charge in [-0.1, -0.05) is 25.0 Å². The minimum absolute atomic E-state index is 0.0167. The van der Waals surface area contributed by atoms with E-state index in [4.69, 9.17) is 0 Å². The molecule has 1 heterocycles. The van der Waals surface area contributed by atoms with E-state index in [0.29, 0.717) is 11.1 Å². The van der Waals surface area contributed by atoms with Gasteiger partial charge in [-0.15, -0.1) is 0 Å². The lowest BCUT2D eigenvalue weighted by molar-refractivity contribution is 0.00936. The average molecular weight is 288 g/mol. The molecule has 1 aromatic rings. The zero-order chi connectivity index (χ0) is 15.0. The molecule has 2 unspecified atom stereocenters. The van der Waals surface area contributed by atoms with Crippen LogP contribution in [0.5, 0.6) is 0 Å². The van der Waals surface area contributed by atoms with Crippen LogP contribution in [0.15, 0.2) is 24.3 Å². The van der Waals surface area contributed by atoms with Crippen molar-refractivity contribution in [1.29, 1.82) is 0 Å². The highest BCUT2D eigenvalue weighted by Crippen LogP contribution is 2.26. The smallest absolute Gasteiger partial charge is 0.262 e. The molecule has 1 aromatic carbocycles. The van der Waals surface area contributed by atoms with Crippen LogP contribution in [0.3, 0.4) is 0 Å². The number of amides is 2. The number of carbonyl (C=O) groups is 2. The number of fused-ring (bicyclic) bond motifs is 1. The van der Waals surface area contributed by atoms with Gasteiger partial charge in [0.25, 0.3) is 11.8 Å². The van der Waals surface area contributed by atoms with E-state index in [1.807, 2.05) is 11.9 Å². The highest BCUT2D eigenvalue weighted by molar-refractivity contribution is 6.21. The molecule has 5 nitrogen and oxygen atoms in total. The van der Waals surface area contributed by atoms with Crippen LogP contribution >= 0.6 is 0 Å². The van der Waals surface area contributed by atoms with Crippen molar-refractivity contribution in [2.75, 3.05) is 13.7 Å². The molecule has 112 valence electrons. The molecule has 2 atom stereocenters. The second-order valence-electron chi connectivity index (χ2n) is 5.90. The molecule has 0 aromatic heterocycles. The van der Waals surface area contributed by atoms with Crippen molar-refractivity contribution in [3.63, 3.8) is 0 Å². The van der Waals surface area contributed by atoms with E-state index in [9.17, 15) is 14.7 Å². The first-order valence-corrected chi connectivity index (χ1v) is 7.43. The van der Waals surface area contributed by atoms with E-state index in [-0.39, 0.29) is 30.6 Å². The maximum absolute atomic E-state index is 12.3. The van der Waals surface area contributed by atoms with Gasteiger partial charge in [0.05, 0.1) is 23.9 Å². The fourth-order valence-corrected chi connectivity index (χ4v) is 3.30. The molecule has 21 heavy (non-hydrogen) atoms. The fourth-order valence-electron chi connectivity index (χ4n) is 3.30. The number of likely N-dealkylation sites (N-methyl/N-ethyl adjacent to an activating group) is 1. The quantitative estimate of drug-likeness (QED) is 0.856. The third-order valence-corrected chi connectivity index (χ3v) is 4.50. The summed E-state index contributed by atoms with van der Waals surface area (Å²) < 4.78 is 0. The fraction of sp³-hybridized carbons (Fsp3) is 0.500. The van der Waals surface area contributed by atoms with Gasteiger partial charge in [0, 0.05) is 6.04 Å². The molecule has 1 aliphatic heterocycles. The molecule has 1 fully saturated rings. The van der Waals surface area contributed by atoms with Crippen molar-refractivity contribution in [3.05, 3.63) is 35.4 Å². The van der Waals surface area contributed by atoms with Crippen molar-refractivity contribution in [3.8, 4) is 0 Å². The maximum atomic E-state index is 12.3. The normalized spacial score (nSPS) is 25.6. The highest BCUT2D eigenvalue weighted by atomic mass is 16.3. The minimum atomic E-state index is -0.376. The van der Waals surface area contributed by atoms with E-state index < -0.39 is 0 Å². The topological polar surface area (TPSA) is 60.9 Å². The number of nitrogens with zero attached hydrogens (tertiary/aromatic N) is 2. The van der Waals surface area contributed by atoms with E-state index >= 15 is 0 Å². The lowest BCUT2D eigenvalue weighted by Crippen LogP contribution is -2.49. The maximum Gasteiger partial charge on any atom is 0.262 e. The summed E-state index contributed by atoms with van der Waals surface area (Å²) in [5, 5.41) is 10.1. The summed E-state index contributed by atoms with van der Waals surface area (Å²) in [6, 6.07) is 6.92. The van der Waals surface area contributed by atoms with Gasteiger partial charge in [0.15, 0.2) is 0 Å². The molecule has 1 N–H and O–H groups in total. The Morgan fingerprint density at radius 1 is 1.14 bits per heavy atom. The van der Waals surface area contributed by atoms with Crippen LogP contribution in [0.1, 0.15) is 46.4 Å². The molecule has 0 saturated heterocycles. The third-order valence-electron chi connectivity index (χ3n) is 4.50. The van der Waals surface area contributed by atoms with Gasteiger partial charge >= 0.3 is 0 Å². The summed E-state index contributed by atoms with van der Waals surface area (Å²) in [5.74, 6) is -0.486. The number of hydrogen-bond donors (Lipinski definition) is 1. The Hall–Kier alpha value is -1.72. The average Bonchev–Trinajstić information content (AvgIpc) is 2.73. The standard InChI is InChI=1S/C16H20N2O3/c1-17(13-8-4-5-9-14(13)19)10-18-15(20)11-6-2-3-7-12(11)16(18)21/h2-3,6-7,13-14,19H,4-5,8-10H2,1H3. The SMILES string of the molecule is CN(CN1C(=O)c2ccccc2C1=O)C1CCCCC1O. The van der Waals surface area contributed by atoms with Gasteiger partial charge in [0.2, 0.25) is 0 Å². The van der Waals surface area contributed by atoms with Crippen molar-refractivity contribution >= 4 is 11.8 Å². The number of hydrogen-bond acceptors (Lipinski definition) is 4.